The lowest BCUT2D eigenvalue weighted by Crippen LogP contribution is -2.18. The first-order chi connectivity index (χ1) is 8.21. The molecule has 0 aliphatic heterocycles. The van der Waals surface area contributed by atoms with E-state index in [2.05, 4.69) is 19.2 Å². The van der Waals surface area contributed by atoms with Crippen LogP contribution in [0.25, 0.3) is 0 Å². The van der Waals surface area contributed by atoms with Crippen LogP contribution in [-0.2, 0) is 0 Å². The van der Waals surface area contributed by atoms with Crippen molar-refractivity contribution in [3.63, 3.8) is 0 Å². The Morgan fingerprint density at radius 3 is 2.41 bits per heavy atom. The van der Waals surface area contributed by atoms with Crippen molar-refractivity contribution in [1.82, 2.24) is 0 Å². The Balaban J connectivity index is 2.71. The fourth-order valence-electron chi connectivity index (χ4n) is 1.97. The summed E-state index contributed by atoms with van der Waals surface area (Å²) in [5.74, 6) is -0.0256. The van der Waals surface area contributed by atoms with Gasteiger partial charge in [0.05, 0.1) is 7.11 Å². The molecule has 1 N–H and O–H groups in total. The fraction of sp³-hybridized carbons (Fsp3) is 0.571. The third-order valence-electron chi connectivity index (χ3n) is 2.80. The number of hydrogen-bond donors (Lipinski definition) is 1. The summed E-state index contributed by atoms with van der Waals surface area (Å²) in [6, 6.07) is 5.38. The second-order valence-corrected chi connectivity index (χ2v) is 4.27. The highest BCUT2D eigenvalue weighted by Gasteiger charge is 2.08. The number of benzene rings is 1. The molecule has 0 atom stereocenters. The van der Waals surface area contributed by atoms with Crippen LogP contribution in [0.4, 0.5) is 10.1 Å². The number of rotatable bonds is 7. The van der Waals surface area contributed by atoms with Crippen LogP contribution >= 0.6 is 0 Å². The van der Waals surface area contributed by atoms with E-state index >= 15 is 0 Å². The van der Waals surface area contributed by atoms with Crippen LogP contribution in [0.15, 0.2) is 18.2 Å². The average molecular weight is 239 g/mol. The minimum Gasteiger partial charge on any atom is -0.494 e. The highest BCUT2D eigenvalue weighted by Crippen LogP contribution is 2.23. The van der Waals surface area contributed by atoms with Gasteiger partial charge < -0.3 is 10.1 Å². The minimum atomic E-state index is -0.319. The van der Waals surface area contributed by atoms with E-state index in [0.29, 0.717) is 11.8 Å². The molecule has 0 saturated heterocycles. The van der Waals surface area contributed by atoms with Crippen molar-refractivity contribution < 1.29 is 9.13 Å². The summed E-state index contributed by atoms with van der Waals surface area (Å²) in [5.41, 5.74) is 0.926. The molecule has 0 spiro atoms. The molecule has 0 unspecified atom stereocenters. The summed E-state index contributed by atoms with van der Waals surface area (Å²) in [5, 5.41) is 3.44. The molecule has 3 heteroatoms. The quantitative estimate of drug-likeness (QED) is 0.769. The van der Waals surface area contributed by atoms with Gasteiger partial charge in [0, 0.05) is 17.8 Å². The molecule has 96 valence electrons. The number of halogens is 1. The Morgan fingerprint density at radius 1 is 1.24 bits per heavy atom. The minimum absolute atomic E-state index is 0.293. The first-order valence-corrected chi connectivity index (χ1v) is 6.31. The normalized spacial score (nSPS) is 10.6. The first-order valence-electron chi connectivity index (χ1n) is 6.31. The van der Waals surface area contributed by atoms with Gasteiger partial charge in [-0.05, 0) is 25.0 Å². The van der Waals surface area contributed by atoms with Crippen molar-refractivity contribution in [3.05, 3.63) is 24.0 Å². The van der Waals surface area contributed by atoms with Crippen LogP contribution in [0.2, 0.25) is 0 Å². The average Bonchev–Trinajstić information content (AvgIpc) is 2.32. The van der Waals surface area contributed by atoms with Crippen molar-refractivity contribution in [3.8, 4) is 5.75 Å². The maximum Gasteiger partial charge on any atom is 0.165 e. The van der Waals surface area contributed by atoms with E-state index in [9.17, 15) is 4.39 Å². The fourth-order valence-corrected chi connectivity index (χ4v) is 1.97. The summed E-state index contributed by atoms with van der Waals surface area (Å²) < 4.78 is 18.2. The Kier molecular flexibility index (Phi) is 5.81. The predicted octanol–water partition coefficient (Wildman–Crippen LogP) is 4.22. The SMILES string of the molecule is CCCC(CCC)Nc1ccc(F)c(OC)c1. The molecule has 0 aliphatic rings. The monoisotopic (exact) mass is 239 g/mol. The highest BCUT2D eigenvalue weighted by molar-refractivity contribution is 5.49. The Morgan fingerprint density at radius 2 is 1.88 bits per heavy atom. The molecular formula is C14H22FNO. The van der Waals surface area contributed by atoms with E-state index in [1.807, 2.05) is 0 Å². The molecule has 1 aromatic rings. The van der Waals surface area contributed by atoms with E-state index in [0.717, 1.165) is 31.4 Å². The van der Waals surface area contributed by atoms with Gasteiger partial charge in [0.15, 0.2) is 11.6 Å². The topological polar surface area (TPSA) is 21.3 Å². The molecule has 0 fully saturated rings. The van der Waals surface area contributed by atoms with Crippen molar-refractivity contribution in [2.24, 2.45) is 0 Å². The van der Waals surface area contributed by atoms with Crippen molar-refractivity contribution in [2.75, 3.05) is 12.4 Å². The maximum atomic E-state index is 13.3. The van der Waals surface area contributed by atoms with E-state index in [1.54, 1.807) is 12.1 Å². The number of hydrogen-bond acceptors (Lipinski definition) is 2. The molecular weight excluding hydrogens is 217 g/mol. The zero-order chi connectivity index (χ0) is 12.7. The lowest BCUT2D eigenvalue weighted by molar-refractivity contribution is 0.386. The second-order valence-electron chi connectivity index (χ2n) is 4.27. The van der Waals surface area contributed by atoms with Crippen molar-refractivity contribution in [2.45, 2.75) is 45.6 Å². The predicted molar refractivity (Wildman–Crippen MR) is 70.2 cm³/mol. The van der Waals surface area contributed by atoms with Gasteiger partial charge in [0.1, 0.15) is 0 Å². The molecule has 17 heavy (non-hydrogen) atoms. The summed E-state index contributed by atoms with van der Waals surface area (Å²) in [4.78, 5) is 0. The van der Waals surface area contributed by atoms with Crippen LogP contribution in [0, 0.1) is 5.82 Å². The van der Waals surface area contributed by atoms with Gasteiger partial charge >= 0.3 is 0 Å². The maximum absolute atomic E-state index is 13.3. The Labute approximate surface area is 103 Å². The lowest BCUT2D eigenvalue weighted by Gasteiger charge is -2.19. The number of nitrogens with one attached hydrogen (secondary N) is 1. The van der Waals surface area contributed by atoms with Gasteiger partial charge in [-0.25, -0.2) is 4.39 Å². The van der Waals surface area contributed by atoms with E-state index in [-0.39, 0.29) is 5.82 Å². The van der Waals surface area contributed by atoms with E-state index in [4.69, 9.17) is 4.74 Å². The second kappa shape index (κ2) is 7.15. The smallest absolute Gasteiger partial charge is 0.165 e. The van der Waals surface area contributed by atoms with Gasteiger partial charge in [0.2, 0.25) is 0 Å². The molecule has 1 rings (SSSR count). The third-order valence-corrected chi connectivity index (χ3v) is 2.80. The summed E-state index contributed by atoms with van der Waals surface area (Å²) in [6.07, 6.45) is 4.56. The highest BCUT2D eigenvalue weighted by atomic mass is 19.1. The molecule has 0 amide bonds. The molecule has 0 heterocycles. The van der Waals surface area contributed by atoms with Gasteiger partial charge in [-0.2, -0.15) is 0 Å². The number of ether oxygens (including phenoxy) is 1. The van der Waals surface area contributed by atoms with Crippen LogP contribution in [0.3, 0.4) is 0 Å². The molecule has 0 saturated carbocycles. The largest absolute Gasteiger partial charge is 0.494 e. The van der Waals surface area contributed by atoms with E-state index < -0.39 is 0 Å². The zero-order valence-electron chi connectivity index (χ0n) is 10.9. The standard InChI is InChI=1S/C14H22FNO/c1-4-6-11(7-5-2)16-12-8-9-13(15)14(10-12)17-3/h8-11,16H,4-7H2,1-3H3. The Bertz CT molecular complexity index is 335. The summed E-state index contributed by atoms with van der Waals surface area (Å²) >= 11 is 0. The molecule has 1 aromatic carbocycles. The van der Waals surface area contributed by atoms with Crippen LogP contribution in [0.5, 0.6) is 5.75 Å². The molecule has 2 nitrogen and oxygen atoms in total. The lowest BCUT2D eigenvalue weighted by atomic mass is 10.1. The molecule has 0 radical (unpaired) electrons. The van der Waals surface area contributed by atoms with Crippen LogP contribution in [0.1, 0.15) is 39.5 Å². The van der Waals surface area contributed by atoms with Gasteiger partial charge in [-0.1, -0.05) is 26.7 Å². The number of methoxy groups -OCH3 is 1. The van der Waals surface area contributed by atoms with Gasteiger partial charge in [-0.3, -0.25) is 0 Å². The van der Waals surface area contributed by atoms with Crippen LogP contribution < -0.4 is 10.1 Å². The van der Waals surface area contributed by atoms with Gasteiger partial charge in [0.25, 0.3) is 0 Å². The summed E-state index contributed by atoms with van der Waals surface area (Å²) in [7, 11) is 1.48. The molecule has 0 bridgehead atoms. The van der Waals surface area contributed by atoms with Gasteiger partial charge in [-0.15, -0.1) is 0 Å². The van der Waals surface area contributed by atoms with Crippen molar-refractivity contribution >= 4 is 5.69 Å². The summed E-state index contributed by atoms with van der Waals surface area (Å²) in [6.45, 7) is 4.35. The molecule has 0 aromatic heterocycles. The zero-order valence-corrected chi connectivity index (χ0v) is 10.9. The molecule has 0 aliphatic carbocycles. The Hall–Kier alpha value is -1.25. The van der Waals surface area contributed by atoms with Crippen LogP contribution in [-0.4, -0.2) is 13.2 Å². The first kappa shape index (κ1) is 13.8. The van der Waals surface area contributed by atoms with E-state index in [1.165, 1.54) is 13.2 Å². The third kappa shape index (κ3) is 4.25. The van der Waals surface area contributed by atoms with Crippen molar-refractivity contribution in [1.29, 1.82) is 0 Å². The number of anilines is 1.